The average Bonchev–Trinajstić information content (AvgIpc) is 2.15. The van der Waals surface area contributed by atoms with Gasteiger partial charge in [-0.1, -0.05) is 24.3 Å². The molecular formula is C9H10O6S. The zero-order valence-electron chi connectivity index (χ0n) is 8.07. The fraction of sp³-hybridized carbons (Fsp3) is 0.222. The van der Waals surface area contributed by atoms with E-state index in [2.05, 4.69) is 0 Å². The summed E-state index contributed by atoms with van der Waals surface area (Å²) in [5, 5.41) is 17.7. The highest BCUT2D eigenvalue weighted by atomic mass is 32.2. The van der Waals surface area contributed by atoms with Gasteiger partial charge in [-0.15, -0.1) is 0 Å². The highest BCUT2D eigenvalue weighted by molar-refractivity contribution is 7.85. The summed E-state index contributed by atoms with van der Waals surface area (Å²) in [6.07, 6.45) is -1.64. The van der Waals surface area contributed by atoms with Gasteiger partial charge in [0.2, 0.25) is 0 Å². The number of carboxylic acids is 1. The number of carboxylic acid groups (broad SMARTS) is 1. The van der Waals surface area contributed by atoms with Crippen LogP contribution in [-0.4, -0.2) is 29.2 Å². The van der Waals surface area contributed by atoms with Gasteiger partial charge in [0.1, 0.15) is 5.75 Å². The van der Waals surface area contributed by atoms with Crippen LogP contribution in [0.15, 0.2) is 24.3 Å². The fourth-order valence-electron chi connectivity index (χ4n) is 1.15. The first-order valence-corrected chi connectivity index (χ1v) is 5.85. The summed E-state index contributed by atoms with van der Waals surface area (Å²) in [7, 11) is -4.11. The lowest BCUT2D eigenvalue weighted by molar-refractivity contribution is -0.146. The largest absolute Gasteiger partial charge is 0.479 e. The van der Waals surface area contributed by atoms with Crippen LogP contribution in [0.2, 0.25) is 0 Å². The Balaban J connectivity index is 2.87. The zero-order chi connectivity index (χ0) is 12.3. The number of aliphatic hydroxyl groups excluding tert-OH is 1. The smallest absolute Gasteiger partial charge is 0.337 e. The molecule has 1 rings (SSSR count). The molecule has 0 aliphatic rings. The van der Waals surface area contributed by atoms with Crippen molar-refractivity contribution in [1.82, 2.24) is 0 Å². The first-order valence-electron chi connectivity index (χ1n) is 4.24. The SMILES string of the molecule is O=C(O)C(O)c1ccc(CS(=O)(=O)O)cc1. The van der Waals surface area contributed by atoms with Gasteiger partial charge in [0.15, 0.2) is 6.10 Å². The van der Waals surface area contributed by atoms with E-state index in [0.29, 0.717) is 5.56 Å². The molecule has 1 atom stereocenters. The van der Waals surface area contributed by atoms with Gasteiger partial charge >= 0.3 is 5.97 Å². The second-order valence-electron chi connectivity index (χ2n) is 3.21. The minimum Gasteiger partial charge on any atom is -0.479 e. The third-order valence-electron chi connectivity index (χ3n) is 1.88. The van der Waals surface area contributed by atoms with Gasteiger partial charge in [-0.3, -0.25) is 4.55 Å². The molecule has 0 spiro atoms. The van der Waals surface area contributed by atoms with E-state index in [1.807, 2.05) is 0 Å². The van der Waals surface area contributed by atoms with Crippen molar-refractivity contribution in [3.8, 4) is 0 Å². The highest BCUT2D eigenvalue weighted by Crippen LogP contribution is 2.14. The van der Waals surface area contributed by atoms with Crippen LogP contribution in [0.5, 0.6) is 0 Å². The van der Waals surface area contributed by atoms with Crippen molar-refractivity contribution in [3.05, 3.63) is 35.4 Å². The van der Waals surface area contributed by atoms with E-state index in [-0.39, 0.29) is 5.56 Å². The summed E-state index contributed by atoms with van der Waals surface area (Å²) in [6.45, 7) is 0. The molecule has 1 aromatic carbocycles. The highest BCUT2D eigenvalue weighted by Gasteiger charge is 2.15. The van der Waals surface area contributed by atoms with Crippen LogP contribution < -0.4 is 0 Å². The van der Waals surface area contributed by atoms with E-state index in [0.717, 1.165) is 0 Å². The molecule has 0 amide bonds. The van der Waals surface area contributed by atoms with E-state index in [1.54, 1.807) is 0 Å². The van der Waals surface area contributed by atoms with Gasteiger partial charge in [-0.05, 0) is 11.1 Å². The van der Waals surface area contributed by atoms with Crippen LogP contribution in [0.3, 0.4) is 0 Å². The molecule has 1 unspecified atom stereocenters. The zero-order valence-corrected chi connectivity index (χ0v) is 8.88. The number of hydrogen-bond donors (Lipinski definition) is 3. The van der Waals surface area contributed by atoms with Crippen LogP contribution >= 0.6 is 0 Å². The van der Waals surface area contributed by atoms with Crippen molar-refractivity contribution in [1.29, 1.82) is 0 Å². The molecule has 0 heterocycles. The summed E-state index contributed by atoms with van der Waals surface area (Å²) in [5.41, 5.74) is 0.454. The fourth-order valence-corrected chi connectivity index (χ4v) is 1.76. The Morgan fingerprint density at radius 2 is 1.75 bits per heavy atom. The maximum Gasteiger partial charge on any atom is 0.337 e. The van der Waals surface area contributed by atoms with Crippen molar-refractivity contribution in [2.24, 2.45) is 0 Å². The molecule has 0 aliphatic heterocycles. The van der Waals surface area contributed by atoms with E-state index in [4.69, 9.17) is 14.8 Å². The average molecular weight is 246 g/mol. The van der Waals surface area contributed by atoms with E-state index < -0.39 is 27.9 Å². The Bertz CT molecular complexity index is 475. The standard InChI is InChI=1S/C9H10O6S/c10-8(9(11)12)7-3-1-6(2-4-7)5-16(13,14)15/h1-4,8,10H,5H2,(H,11,12)(H,13,14,15). The lowest BCUT2D eigenvalue weighted by atomic mass is 10.1. The normalized spacial score (nSPS) is 13.4. The molecule has 7 heteroatoms. The minimum atomic E-state index is -4.11. The van der Waals surface area contributed by atoms with Gasteiger partial charge in [-0.25, -0.2) is 4.79 Å². The molecule has 0 saturated heterocycles. The second kappa shape index (κ2) is 4.60. The molecule has 0 saturated carbocycles. The first kappa shape index (κ1) is 12.6. The van der Waals surface area contributed by atoms with Crippen LogP contribution in [0, 0.1) is 0 Å². The number of benzene rings is 1. The molecule has 0 aromatic heterocycles. The Hall–Kier alpha value is -1.44. The maximum atomic E-state index is 10.5. The minimum absolute atomic E-state index is 0.145. The third-order valence-corrected chi connectivity index (χ3v) is 2.58. The Kier molecular flexibility index (Phi) is 3.63. The molecule has 6 nitrogen and oxygen atoms in total. The molecular weight excluding hydrogens is 236 g/mol. The van der Waals surface area contributed by atoms with Crippen molar-refractivity contribution in [2.45, 2.75) is 11.9 Å². The number of aliphatic hydroxyl groups is 1. The molecule has 88 valence electrons. The van der Waals surface area contributed by atoms with Crippen LogP contribution in [-0.2, 0) is 20.7 Å². The maximum absolute atomic E-state index is 10.5. The molecule has 0 bridgehead atoms. The van der Waals surface area contributed by atoms with Crippen molar-refractivity contribution in [2.75, 3.05) is 0 Å². The summed E-state index contributed by atoms with van der Waals surface area (Å²) < 4.78 is 29.6. The van der Waals surface area contributed by atoms with Gasteiger partial charge in [0.25, 0.3) is 10.1 Å². The third kappa shape index (κ3) is 3.61. The number of hydrogen-bond acceptors (Lipinski definition) is 4. The van der Waals surface area contributed by atoms with Gasteiger partial charge in [0, 0.05) is 0 Å². The van der Waals surface area contributed by atoms with Gasteiger partial charge < -0.3 is 10.2 Å². The lowest BCUT2D eigenvalue weighted by Crippen LogP contribution is -2.10. The molecule has 16 heavy (non-hydrogen) atoms. The van der Waals surface area contributed by atoms with Crippen molar-refractivity contribution in [3.63, 3.8) is 0 Å². The predicted octanol–water partition coefficient (Wildman–Crippen LogP) is 0.192. The number of rotatable bonds is 4. The Morgan fingerprint density at radius 3 is 2.12 bits per heavy atom. The summed E-state index contributed by atoms with van der Waals surface area (Å²) in [6, 6.07) is 5.24. The summed E-state index contributed by atoms with van der Waals surface area (Å²) >= 11 is 0. The summed E-state index contributed by atoms with van der Waals surface area (Å²) in [5.74, 6) is -1.93. The van der Waals surface area contributed by atoms with Gasteiger partial charge in [0.05, 0.1) is 0 Å². The van der Waals surface area contributed by atoms with Crippen molar-refractivity contribution >= 4 is 16.1 Å². The van der Waals surface area contributed by atoms with Crippen LogP contribution in [0.4, 0.5) is 0 Å². The molecule has 0 radical (unpaired) electrons. The van der Waals surface area contributed by atoms with Crippen LogP contribution in [0.1, 0.15) is 17.2 Å². The van der Waals surface area contributed by atoms with E-state index in [9.17, 15) is 13.2 Å². The predicted molar refractivity (Wildman–Crippen MR) is 54.3 cm³/mol. The monoisotopic (exact) mass is 246 g/mol. The number of carbonyl (C=O) groups is 1. The van der Waals surface area contributed by atoms with E-state index in [1.165, 1.54) is 24.3 Å². The molecule has 0 fully saturated rings. The Morgan fingerprint density at radius 1 is 1.25 bits per heavy atom. The van der Waals surface area contributed by atoms with E-state index >= 15 is 0 Å². The second-order valence-corrected chi connectivity index (χ2v) is 4.66. The van der Waals surface area contributed by atoms with Crippen molar-refractivity contribution < 1.29 is 28.0 Å². The Labute approximate surface area is 91.9 Å². The first-order chi connectivity index (χ1) is 7.29. The topological polar surface area (TPSA) is 112 Å². The quantitative estimate of drug-likeness (QED) is 0.654. The number of aliphatic carboxylic acids is 1. The molecule has 0 aliphatic carbocycles. The lowest BCUT2D eigenvalue weighted by Gasteiger charge is -2.06. The molecule has 3 N–H and O–H groups in total. The van der Waals surface area contributed by atoms with Gasteiger partial charge in [-0.2, -0.15) is 8.42 Å². The molecule has 1 aromatic rings. The summed E-state index contributed by atoms with van der Waals surface area (Å²) in [4.78, 5) is 10.4. The van der Waals surface area contributed by atoms with Crippen LogP contribution in [0.25, 0.3) is 0 Å².